The zero-order valence-electron chi connectivity index (χ0n) is 12.6. The second kappa shape index (κ2) is 10.7. The molecule has 0 aliphatic heterocycles. The molecule has 0 saturated carbocycles. The van der Waals surface area contributed by atoms with Crippen LogP contribution in [0.3, 0.4) is 0 Å². The molecule has 0 atom stereocenters. The molecule has 5 N–H and O–H groups in total. The molecular weight excluding hydrogens is 317 g/mol. The number of aromatic nitrogens is 1. The summed E-state index contributed by atoms with van der Waals surface area (Å²) in [6.07, 6.45) is 4.00. The van der Waals surface area contributed by atoms with Gasteiger partial charge in [-0.05, 0) is 50.1 Å². The highest BCUT2D eigenvalue weighted by molar-refractivity contribution is 6.30. The van der Waals surface area contributed by atoms with E-state index in [2.05, 4.69) is 16.8 Å². The lowest BCUT2D eigenvalue weighted by molar-refractivity contribution is 1.29. The van der Waals surface area contributed by atoms with Crippen LogP contribution >= 0.6 is 23.2 Å². The normalized spacial score (nSPS) is 9.09. The number of nitrogens with two attached hydrogens (primary N) is 1. The van der Waals surface area contributed by atoms with E-state index in [1.54, 1.807) is 24.3 Å². The Morgan fingerprint density at radius 2 is 1.73 bits per heavy atom. The van der Waals surface area contributed by atoms with Crippen LogP contribution in [-0.2, 0) is 0 Å². The largest absolute Gasteiger partial charge is 0.396 e. The molecule has 3 nitrogen and oxygen atoms in total. The summed E-state index contributed by atoms with van der Waals surface area (Å²) in [5.41, 5.74) is 7.51. The minimum atomic E-state index is 0. The van der Waals surface area contributed by atoms with Crippen molar-refractivity contribution in [3.8, 4) is 11.8 Å². The minimum Gasteiger partial charge on any atom is -0.396 e. The standard InChI is InChI=1S/C13H8Cl2N2.C4H8.H3N/c14-10-3-1-2-9(8-10)4-6-12-11(16)5-7-13(15)17-12;1-3-4-2;/h1-3,5,7-8H,16H2;3-4H,1-2H3;1H3. The van der Waals surface area contributed by atoms with Gasteiger partial charge in [0.2, 0.25) is 0 Å². The van der Waals surface area contributed by atoms with Gasteiger partial charge in [0.05, 0.1) is 5.69 Å². The highest BCUT2D eigenvalue weighted by atomic mass is 35.5. The van der Waals surface area contributed by atoms with Gasteiger partial charge in [0.15, 0.2) is 0 Å². The Balaban J connectivity index is 0.000000791. The van der Waals surface area contributed by atoms with Crippen LogP contribution in [0, 0.1) is 11.8 Å². The molecule has 2 rings (SSSR count). The molecule has 5 heteroatoms. The van der Waals surface area contributed by atoms with Crippen LogP contribution < -0.4 is 11.9 Å². The van der Waals surface area contributed by atoms with E-state index in [0.717, 1.165) is 5.56 Å². The Bertz CT molecular complexity index is 682. The van der Waals surface area contributed by atoms with Gasteiger partial charge < -0.3 is 11.9 Å². The molecule has 1 aromatic carbocycles. The van der Waals surface area contributed by atoms with Crippen LogP contribution in [0.2, 0.25) is 10.2 Å². The van der Waals surface area contributed by atoms with Crippen molar-refractivity contribution < 1.29 is 0 Å². The molecule has 22 heavy (non-hydrogen) atoms. The number of pyridine rings is 1. The Kier molecular flexibility index (Phi) is 9.73. The van der Waals surface area contributed by atoms with E-state index in [4.69, 9.17) is 28.9 Å². The Morgan fingerprint density at radius 3 is 2.32 bits per heavy atom. The van der Waals surface area contributed by atoms with Crippen molar-refractivity contribution in [3.05, 3.63) is 70.0 Å². The zero-order chi connectivity index (χ0) is 15.7. The van der Waals surface area contributed by atoms with E-state index in [-0.39, 0.29) is 6.15 Å². The molecule has 0 saturated heterocycles. The number of benzene rings is 1. The number of allylic oxidation sites excluding steroid dienone is 2. The van der Waals surface area contributed by atoms with Crippen LogP contribution in [0.25, 0.3) is 0 Å². The molecule has 2 aromatic rings. The zero-order valence-corrected chi connectivity index (χ0v) is 14.1. The van der Waals surface area contributed by atoms with Crippen LogP contribution in [0.1, 0.15) is 25.1 Å². The van der Waals surface area contributed by atoms with Crippen molar-refractivity contribution >= 4 is 28.9 Å². The lowest BCUT2D eigenvalue weighted by Gasteiger charge is -1.97. The maximum atomic E-state index is 5.85. The number of halogens is 2. The summed E-state index contributed by atoms with van der Waals surface area (Å²) in [6.45, 7) is 4.00. The first-order valence-electron chi connectivity index (χ1n) is 6.33. The van der Waals surface area contributed by atoms with E-state index in [1.165, 1.54) is 0 Å². The van der Waals surface area contributed by atoms with Gasteiger partial charge in [-0.1, -0.05) is 47.3 Å². The van der Waals surface area contributed by atoms with Gasteiger partial charge in [0, 0.05) is 10.6 Å². The molecular formula is C17H19Cl2N3. The number of hydrogen-bond donors (Lipinski definition) is 2. The second-order valence-electron chi connectivity index (χ2n) is 4.00. The van der Waals surface area contributed by atoms with Crippen molar-refractivity contribution in [1.82, 2.24) is 11.1 Å². The first-order chi connectivity index (χ1) is 10.1. The van der Waals surface area contributed by atoms with Crippen molar-refractivity contribution in [2.75, 3.05) is 5.73 Å². The smallest absolute Gasteiger partial charge is 0.138 e. The van der Waals surface area contributed by atoms with Crippen molar-refractivity contribution in [3.63, 3.8) is 0 Å². The summed E-state index contributed by atoms with van der Waals surface area (Å²) in [7, 11) is 0. The average Bonchev–Trinajstić information content (AvgIpc) is 2.48. The highest BCUT2D eigenvalue weighted by Gasteiger charge is 1.98. The molecule has 0 amide bonds. The molecule has 116 valence electrons. The molecule has 0 spiro atoms. The van der Waals surface area contributed by atoms with Crippen molar-refractivity contribution in [1.29, 1.82) is 0 Å². The number of rotatable bonds is 0. The number of hydrogen-bond acceptors (Lipinski definition) is 3. The summed E-state index contributed by atoms with van der Waals surface area (Å²) >= 11 is 11.6. The minimum absolute atomic E-state index is 0. The lowest BCUT2D eigenvalue weighted by Crippen LogP contribution is -1.93. The van der Waals surface area contributed by atoms with Gasteiger partial charge in [-0.15, -0.1) is 0 Å². The molecule has 1 aromatic heterocycles. The maximum Gasteiger partial charge on any atom is 0.138 e. The van der Waals surface area contributed by atoms with Crippen LogP contribution in [-0.4, -0.2) is 4.98 Å². The first kappa shape index (κ1) is 20.0. The van der Waals surface area contributed by atoms with Crippen molar-refractivity contribution in [2.45, 2.75) is 13.8 Å². The average molecular weight is 336 g/mol. The van der Waals surface area contributed by atoms with Crippen molar-refractivity contribution in [2.24, 2.45) is 0 Å². The molecule has 0 bridgehead atoms. The van der Waals surface area contributed by atoms with E-state index >= 15 is 0 Å². The summed E-state index contributed by atoms with van der Waals surface area (Å²) in [4.78, 5) is 4.04. The second-order valence-corrected chi connectivity index (χ2v) is 4.82. The quantitative estimate of drug-likeness (QED) is 0.398. The van der Waals surface area contributed by atoms with E-state index in [0.29, 0.717) is 21.6 Å². The Morgan fingerprint density at radius 1 is 1.05 bits per heavy atom. The summed E-state index contributed by atoms with van der Waals surface area (Å²) in [6, 6.07) is 10.6. The van der Waals surface area contributed by atoms with Crippen LogP contribution in [0.5, 0.6) is 0 Å². The first-order valence-corrected chi connectivity index (χ1v) is 7.09. The molecule has 1 heterocycles. The lowest BCUT2D eigenvalue weighted by atomic mass is 10.2. The number of nitrogens with zero attached hydrogens (tertiary/aromatic N) is 1. The van der Waals surface area contributed by atoms with E-state index in [1.807, 2.05) is 38.1 Å². The number of anilines is 1. The van der Waals surface area contributed by atoms with Gasteiger partial charge in [0.25, 0.3) is 0 Å². The predicted molar refractivity (Wildman–Crippen MR) is 96.6 cm³/mol. The maximum absolute atomic E-state index is 5.85. The fourth-order valence-corrected chi connectivity index (χ4v) is 1.58. The van der Waals surface area contributed by atoms with E-state index < -0.39 is 0 Å². The summed E-state index contributed by atoms with van der Waals surface area (Å²) in [5, 5.41) is 1.01. The van der Waals surface area contributed by atoms with Gasteiger partial charge in [0.1, 0.15) is 10.8 Å². The summed E-state index contributed by atoms with van der Waals surface area (Å²) < 4.78 is 0. The molecule has 0 unspecified atom stereocenters. The van der Waals surface area contributed by atoms with Gasteiger partial charge in [-0.25, -0.2) is 4.98 Å². The Labute approximate surface area is 141 Å². The fraction of sp³-hybridized carbons (Fsp3) is 0.118. The third-order valence-electron chi connectivity index (χ3n) is 2.38. The predicted octanol–water partition coefficient (Wildman–Crippen LogP) is 5.11. The molecule has 0 fully saturated rings. The topological polar surface area (TPSA) is 73.9 Å². The number of nitrogen functional groups attached to an aromatic ring is 1. The third-order valence-corrected chi connectivity index (χ3v) is 2.82. The molecule has 0 radical (unpaired) electrons. The van der Waals surface area contributed by atoms with Gasteiger partial charge in [-0.3, -0.25) is 0 Å². The van der Waals surface area contributed by atoms with Crippen LogP contribution in [0.4, 0.5) is 5.69 Å². The molecule has 0 aliphatic carbocycles. The SMILES string of the molecule is CC=CC.N.Nc1ccc(Cl)nc1C#Cc1cccc(Cl)c1. The third kappa shape index (κ3) is 7.14. The molecule has 0 aliphatic rings. The van der Waals surface area contributed by atoms with E-state index in [9.17, 15) is 0 Å². The monoisotopic (exact) mass is 335 g/mol. The summed E-state index contributed by atoms with van der Waals surface area (Å²) in [5.74, 6) is 5.80. The van der Waals surface area contributed by atoms with Crippen LogP contribution in [0.15, 0.2) is 48.6 Å². The Hall–Kier alpha value is -1.99. The van der Waals surface area contributed by atoms with Gasteiger partial charge >= 0.3 is 0 Å². The van der Waals surface area contributed by atoms with Gasteiger partial charge in [-0.2, -0.15) is 0 Å². The highest BCUT2D eigenvalue weighted by Crippen LogP contribution is 2.13. The fourth-order valence-electron chi connectivity index (χ4n) is 1.24.